The Bertz CT molecular complexity index is 536. The molecule has 0 aliphatic carbocycles. The van der Waals surface area contributed by atoms with Gasteiger partial charge in [0, 0.05) is 17.2 Å². The maximum absolute atomic E-state index is 13.3. The molecule has 0 N–H and O–H groups in total. The van der Waals surface area contributed by atoms with Gasteiger partial charge in [0.25, 0.3) is 0 Å². The van der Waals surface area contributed by atoms with Crippen molar-refractivity contribution in [1.82, 2.24) is 0 Å². The lowest BCUT2D eigenvalue weighted by Gasteiger charge is -2.30. The molecule has 0 radical (unpaired) electrons. The predicted octanol–water partition coefficient (Wildman–Crippen LogP) is 5.07. The lowest BCUT2D eigenvalue weighted by Crippen LogP contribution is -2.31. The molecule has 106 valence electrons. The second kappa shape index (κ2) is 7.10. The van der Waals surface area contributed by atoms with Gasteiger partial charge in [-0.05, 0) is 36.1 Å². The van der Waals surface area contributed by atoms with E-state index in [1.165, 1.54) is 11.6 Å². The van der Waals surface area contributed by atoms with Gasteiger partial charge in [0.05, 0.1) is 0 Å². The second-order valence-corrected chi connectivity index (χ2v) is 5.77. The maximum atomic E-state index is 13.3. The van der Waals surface area contributed by atoms with Crippen LogP contribution in [0.5, 0.6) is 0 Å². The summed E-state index contributed by atoms with van der Waals surface area (Å²) in [6.07, 6.45) is 1.46. The standard InChI is InChI=1S/C17H17Cl2F/c18-12-17(13-19,10-14-5-2-1-3-6-14)11-15-7-4-8-16(20)9-15/h1-9H,10-13H2. The predicted molar refractivity (Wildman–Crippen MR) is 84.1 cm³/mol. The average molecular weight is 311 g/mol. The molecule has 0 spiro atoms. The van der Waals surface area contributed by atoms with E-state index < -0.39 is 0 Å². The Morgan fingerprint density at radius 3 is 2.00 bits per heavy atom. The summed E-state index contributed by atoms with van der Waals surface area (Å²) in [6, 6.07) is 16.8. The van der Waals surface area contributed by atoms with E-state index in [2.05, 4.69) is 12.1 Å². The van der Waals surface area contributed by atoms with Gasteiger partial charge in [-0.2, -0.15) is 0 Å². The van der Waals surface area contributed by atoms with Crippen molar-refractivity contribution in [1.29, 1.82) is 0 Å². The largest absolute Gasteiger partial charge is 0.207 e. The zero-order valence-corrected chi connectivity index (χ0v) is 12.7. The van der Waals surface area contributed by atoms with Crippen molar-refractivity contribution in [2.45, 2.75) is 12.8 Å². The molecule has 3 heteroatoms. The molecule has 0 aliphatic heterocycles. The van der Waals surface area contributed by atoms with E-state index in [0.29, 0.717) is 18.2 Å². The van der Waals surface area contributed by atoms with Crippen LogP contribution in [0.3, 0.4) is 0 Å². The van der Waals surface area contributed by atoms with Crippen molar-refractivity contribution in [3.63, 3.8) is 0 Å². The molecular formula is C17H17Cl2F. The number of rotatable bonds is 6. The van der Waals surface area contributed by atoms with Crippen molar-refractivity contribution in [2.24, 2.45) is 5.41 Å². The first-order chi connectivity index (χ1) is 9.67. The molecule has 0 bridgehead atoms. The number of halogens is 3. The topological polar surface area (TPSA) is 0 Å². The molecule has 2 rings (SSSR count). The Kier molecular flexibility index (Phi) is 5.45. The van der Waals surface area contributed by atoms with Gasteiger partial charge in [0.15, 0.2) is 0 Å². The Balaban J connectivity index is 2.21. The third-order valence-electron chi connectivity index (χ3n) is 3.46. The van der Waals surface area contributed by atoms with E-state index in [1.807, 2.05) is 24.3 Å². The summed E-state index contributed by atoms with van der Waals surface area (Å²) in [7, 11) is 0. The van der Waals surface area contributed by atoms with E-state index in [4.69, 9.17) is 23.2 Å². The van der Waals surface area contributed by atoms with Crippen LogP contribution in [0.4, 0.5) is 4.39 Å². The Morgan fingerprint density at radius 2 is 1.40 bits per heavy atom. The minimum atomic E-state index is -0.252. The maximum Gasteiger partial charge on any atom is 0.123 e. The molecule has 0 aromatic heterocycles. The van der Waals surface area contributed by atoms with Crippen LogP contribution in [-0.2, 0) is 12.8 Å². The van der Waals surface area contributed by atoms with Crippen molar-refractivity contribution >= 4 is 23.2 Å². The first-order valence-electron chi connectivity index (χ1n) is 6.58. The summed E-state index contributed by atoms with van der Waals surface area (Å²) in [5.74, 6) is 0.671. The summed E-state index contributed by atoms with van der Waals surface area (Å²) in [5, 5.41) is 0. The first kappa shape index (κ1) is 15.3. The zero-order chi connectivity index (χ0) is 14.4. The highest BCUT2D eigenvalue weighted by Crippen LogP contribution is 2.31. The number of benzene rings is 2. The molecule has 0 amide bonds. The minimum absolute atomic E-state index is 0.222. The SMILES string of the molecule is Fc1cccc(CC(CCl)(CCl)Cc2ccccc2)c1. The van der Waals surface area contributed by atoms with Gasteiger partial charge in [-0.3, -0.25) is 0 Å². The van der Waals surface area contributed by atoms with Gasteiger partial charge in [-0.25, -0.2) is 4.39 Å². The van der Waals surface area contributed by atoms with Crippen LogP contribution in [0.1, 0.15) is 11.1 Å². The summed E-state index contributed by atoms with van der Waals surface area (Å²) >= 11 is 12.4. The Hall–Kier alpha value is -1.05. The quantitative estimate of drug-likeness (QED) is 0.653. The van der Waals surface area contributed by atoms with Crippen LogP contribution in [0, 0.1) is 11.2 Å². The van der Waals surface area contributed by atoms with E-state index in [1.54, 1.807) is 12.1 Å². The van der Waals surface area contributed by atoms with Crippen LogP contribution in [-0.4, -0.2) is 11.8 Å². The van der Waals surface area contributed by atoms with Gasteiger partial charge in [-0.1, -0.05) is 42.5 Å². The zero-order valence-electron chi connectivity index (χ0n) is 11.2. The van der Waals surface area contributed by atoms with E-state index >= 15 is 0 Å². The lowest BCUT2D eigenvalue weighted by atomic mass is 9.80. The molecule has 0 unspecified atom stereocenters. The summed E-state index contributed by atoms with van der Waals surface area (Å²) in [4.78, 5) is 0. The molecule has 0 heterocycles. The van der Waals surface area contributed by atoms with Gasteiger partial charge < -0.3 is 0 Å². The third-order valence-corrected chi connectivity index (χ3v) is 4.59. The smallest absolute Gasteiger partial charge is 0.123 e. The Labute approximate surface area is 129 Å². The van der Waals surface area contributed by atoms with E-state index in [0.717, 1.165) is 12.0 Å². The highest BCUT2D eigenvalue weighted by Gasteiger charge is 2.29. The summed E-state index contributed by atoms with van der Waals surface area (Å²) in [6.45, 7) is 0. The van der Waals surface area contributed by atoms with E-state index in [-0.39, 0.29) is 11.2 Å². The molecule has 20 heavy (non-hydrogen) atoms. The van der Waals surface area contributed by atoms with Crippen molar-refractivity contribution < 1.29 is 4.39 Å². The van der Waals surface area contributed by atoms with Gasteiger partial charge in [-0.15, -0.1) is 23.2 Å². The number of hydrogen-bond acceptors (Lipinski definition) is 0. The summed E-state index contributed by atoms with van der Waals surface area (Å²) < 4.78 is 13.3. The Morgan fingerprint density at radius 1 is 0.800 bits per heavy atom. The molecule has 0 saturated carbocycles. The highest BCUT2D eigenvalue weighted by atomic mass is 35.5. The molecule has 2 aromatic carbocycles. The summed E-state index contributed by atoms with van der Waals surface area (Å²) in [5.41, 5.74) is 1.88. The molecular weight excluding hydrogens is 294 g/mol. The van der Waals surface area contributed by atoms with Crippen LogP contribution < -0.4 is 0 Å². The van der Waals surface area contributed by atoms with Crippen LogP contribution in [0.2, 0.25) is 0 Å². The number of alkyl halides is 2. The van der Waals surface area contributed by atoms with Crippen molar-refractivity contribution in [2.75, 3.05) is 11.8 Å². The van der Waals surface area contributed by atoms with Crippen LogP contribution >= 0.6 is 23.2 Å². The third kappa shape index (κ3) is 3.97. The van der Waals surface area contributed by atoms with Gasteiger partial charge >= 0.3 is 0 Å². The molecule has 0 saturated heterocycles. The number of hydrogen-bond donors (Lipinski definition) is 0. The van der Waals surface area contributed by atoms with Gasteiger partial charge in [0.1, 0.15) is 5.82 Å². The minimum Gasteiger partial charge on any atom is -0.207 e. The average Bonchev–Trinajstić information content (AvgIpc) is 2.47. The second-order valence-electron chi connectivity index (χ2n) is 5.24. The van der Waals surface area contributed by atoms with Crippen molar-refractivity contribution in [3.05, 3.63) is 71.5 Å². The van der Waals surface area contributed by atoms with Crippen LogP contribution in [0.25, 0.3) is 0 Å². The lowest BCUT2D eigenvalue weighted by molar-refractivity contribution is 0.373. The molecule has 0 atom stereocenters. The molecule has 2 aromatic rings. The van der Waals surface area contributed by atoms with Gasteiger partial charge in [0.2, 0.25) is 0 Å². The molecule has 0 aliphatic rings. The van der Waals surface area contributed by atoms with Crippen molar-refractivity contribution in [3.8, 4) is 0 Å². The highest BCUT2D eigenvalue weighted by molar-refractivity contribution is 6.21. The molecule has 0 nitrogen and oxygen atoms in total. The van der Waals surface area contributed by atoms with Crippen LogP contribution in [0.15, 0.2) is 54.6 Å². The molecule has 0 fully saturated rings. The normalized spacial score (nSPS) is 11.6. The van der Waals surface area contributed by atoms with E-state index in [9.17, 15) is 4.39 Å². The first-order valence-corrected chi connectivity index (χ1v) is 7.65. The monoisotopic (exact) mass is 310 g/mol. The fourth-order valence-electron chi connectivity index (χ4n) is 2.40. The fourth-order valence-corrected chi connectivity index (χ4v) is 3.06. The fraction of sp³-hybridized carbons (Fsp3) is 0.294.